The molecule has 0 saturated carbocycles. The lowest BCUT2D eigenvalue weighted by atomic mass is 10.1. The molecule has 1 N–H and O–H groups in total. The minimum absolute atomic E-state index is 0.110. The van der Waals surface area contributed by atoms with E-state index in [1.54, 1.807) is 6.08 Å². The van der Waals surface area contributed by atoms with Gasteiger partial charge in [0.2, 0.25) is 0 Å². The standard InChI is InChI=1S/C15H21F9O3/c1-2-3-4-5-6-7-8-11(25)9-26-10-12(16,17)14(21,22)27-15(23,24)13(18,19)20/h2,11,25H,1,3-10H2. The molecule has 12 heteroatoms. The maximum Gasteiger partial charge on any atom is 0.483 e. The molecule has 0 spiro atoms. The third-order valence-corrected chi connectivity index (χ3v) is 3.30. The van der Waals surface area contributed by atoms with Crippen LogP contribution in [0.15, 0.2) is 12.7 Å². The number of rotatable bonds is 14. The van der Waals surface area contributed by atoms with E-state index in [-0.39, 0.29) is 6.42 Å². The maximum atomic E-state index is 13.2. The summed E-state index contributed by atoms with van der Waals surface area (Å²) in [4.78, 5) is 0. The lowest BCUT2D eigenvalue weighted by molar-refractivity contribution is -0.488. The highest BCUT2D eigenvalue weighted by atomic mass is 19.4. The second-order valence-corrected chi connectivity index (χ2v) is 5.79. The Balaban J connectivity index is 4.35. The first-order valence-corrected chi connectivity index (χ1v) is 7.93. The molecule has 0 bridgehead atoms. The van der Waals surface area contributed by atoms with Gasteiger partial charge in [-0.15, -0.1) is 6.58 Å². The molecule has 0 aliphatic carbocycles. The fraction of sp³-hybridized carbons (Fsp3) is 0.867. The van der Waals surface area contributed by atoms with Gasteiger partial charge in [-0.05, 0) is 19.3 Å². The molecular formula is C15H21F9O3. The molecule has 0 aromatic carbocycles. The van der Waals surface area contributed by atoms with Gasteiger partial charge < -0.3 is 9.84 Å². The Morgan fingerprint density at radius 2 is 1.41 bits per heavy atom. The van der Waals surface area contributed by atoms with Crippen molar-refractivity contribution in [2.45, 2.75) is 68.9 Å². The number of aliphatic hydroxyl groups is 1. The summed E-state index contributed by atoms with van der Waals surface area (Å²) in [5, 5.41) is 9.47. The van der Waals surface area contributed by atoms with Crippen molar-refractivity contribution in [1.29, 1.82) is 0 Å². The minimum Gasteiger partial charge on any atom is -0.391 e. The van der Waals surface area contributed by atoms with E-state index in [4.69, 9.17) is 0 Å². The predicted octanol–water partition coefficient (Wildman–Crippen LogP) is 5.29. The molecule has 27 heavy (non-hydrogen) atoms. The van der Waals surface area contributed by atoms with Gasteiger partial charge in [-0.25, -0.2) is 4.74 Å². The van der Waals surface area contributed by atoms with Gasteiger partial charge in [-0.2, -0.15) is 39.5 Å². The van der Waals surface area contributed by atoms with E-state index in [9.17, 15) is 44.6 Å². The van der Waals surface area contributed by atoms with Gasteiger partial charge >= 0.3 is 24.3 Å². The molecule has 3 nitrogen and oxygen atoms in total. The zero-order chi connectivity index (χ0) is 21.4. The second kappa shape index (κ2) is 10.5. The zero-order valence-electron chi connectivity index (χ0n) is 14.2. The van der Waals surface area contributed by atoms with Crippen LogP contribution in [0, 0.1) is 0 Å². The third-order valence-electron chi connectivity index (χ3n) is 3.30. The van der Waals surface area contributed by atoms with Crippen molar-refractivity contribution in [2.75, 3.05) is 13.2 Å². The maximum absolute atomic E-state index is 13.2. The molecule has 162 valence electrons. The van der Waals surface area contributed by atoms with Crippen molar-refractivity contribution in [2.24, 2.45) is 0 Å². The van der Waals surface area contributed by atoms with Crippen LogP contribution >= 0.6 is 0 Å². The van der Waals surface area contributed by atoms with Crippen molar-refractivity contribution < 1.29 is 54.1 Å². The summed E-state index contributed by atoms with van der Waals surface area (Å²) in [5.74, 6) is -5.48. The monoisotopic (exact) mass is 420 g/mol. The number of allylic oxidation sites excluding steroid dienone is 1. The number of hydrogen-bond donors (Lipinski definition) is 1. The minimum atomic E-state index is -6.60. The van der Waals surface area contributed by atoms with Gasteiger partial charge in [0.05, 0.1) is 12.7 Å². The van der Waals surface area contributed by atoms with Crippen LogP contribution in [0.1, 0.15) is 38.5 Å². The van der Waals surface area contributed by atoms with Gasteiger partial charge in [0.25, 0.3) is 0 Å². The lowest BCUT2D eigenvalue weighted by Gasteiger charge is -2.30. The molecule has 0 heterocycles. The van der Waals surface area contributed by atoms with Crippen LogP contribution in [-0.2, 0) is 9.47 Å². The molecule has 0 aromatic rings. The zero-order valence-corrected chi connectivity index (χ0v) is 14.2. The van der Waals surface area contributed by atoms with E-state index in [1.165, 1.54) is 0 Å². The Morgan fingerprint density at radius 1 is 0.852 bits per heavy atom. The van der Waals surface area contributed by atoms with Crippen molar-refractivity contribution in [1.82, 2.24) is 0 Å². The fourth-order valence-electron chi connectivity index (χ4n) is 1.81. The molecule has 0 aromatic heterocycles. The quantitative estimate of drug-likeness (QED) is 0.236. The van der Waals surface area contributed by atoms with E-state index in [0.717, 1.165) is 19.3 Å². The Morgan fingerprint density at radius 3 is 1.93 bits per heavy atom. The topological polar surface area (TPSA) is 38.7 Å². The van der Waals surface area contributed by atoms with Gasteiger partial charge in [0.15, 0.2) is 0 Å². The summed E-state index contributed by atoms with van der Waals surface area (Å²) >= 11 is 0. The van der Waals surface area contributed by atoms with E-state index < -0.39 is 43.6 Å². The summed E-state index contributed by atoms with van der Waals surface area (Å²) < 4.78 is 119. The van der Waals surface area contributed by atoms with Crippen molar-refractivity contribution >= 4 is 0 Å². The molecule has 1 unspecified atom stereocenters. The first-order valence-electron chi connectivity index (χ1n) is 7.93. The van der Waals surface area contributed by atoms with Crippen LogP contribution in [0.25, 0.3) is 0 Å². The van der Waals surface area contributed by atoms with E-state index in [1.807, 2.05) is 4.74 Å². The summed E-state index contributed by atoms with van der Waals surface area (Å²) in [6.45, 7) is 0.488. The number of aliphatic hydroxyl groups excluding tert-OH is 1. The molecule has 0 aliphatic heterocycles. The fourth-order valence-corrected chi connectivity index (χ4v) is 1.81. The normalized spacial score (nSPS) is 15.0. The summed E-state index contributed by atoms with van der Waals surface area (Å²) in [5.41, 5.74) is 0. The molecule has 0 amide bonds. The molecular weight excluding hydrogens is 399 g/mol. The van der Waals surface area contributed by atoms with Crippen LogP contribution in [0.5, 0.6) is 0 Å². The van der Waals surface area contributed by atoms with Gasteiger partial charge in [-0.3, -0.25) is 0 Å². The summed E-state index contributed by atoms with van der Waals surface area (Å²) in [7, 11) is 0. The Bertz CT molecular complexity index is 439. The average Bonchev–Trinajstić information content (AvgIpc) is 2.48. The molecule has 0 aliphatic rings. The summed E-state index contributed by atoms with van der Waals surface area (Å²) in [6.07, 6.45) is -15.0. The SMILES string of the molecule is C=CCCCCCCC(O)COCC(F)(F)C(F)(F)OC(F)(F)C(F)(F)F. The number of hydrogen-bond acceptors (Lipinski definition) is 3. The first kappa shape index (κ1) is 26.0. The molecule has 0 saturated heterocycles. The van der Waals surface area contributed by atoms with Crippen LogP contribution in [0.3, 0.4) is 0 Å². The number of halogens is 9. The first-order chi connectivity index (χ1) is 12.2. The van der Waals surface area contributed by atoms with E-state index in [2.05, 4.69) is 11.3 Å². The Labute approximate surface area is 150 Å². The van der Waals surface area contributed by atoms with Gasteiger partial charge in [-0.1, -0.05) is 25.3 Å². The van der Waals surface area contributed by atoms with Crippen LogP contribution < -0.4 is 0 Å². The number of ether oxygens (including phenoxy) is 2. The Kier molecular flexibility index (Phi) is 10.1. The highest BCUT2D eigenvalue weighted by Crippen LogP contribution is 2.45. The van der Waals surface area contributed by atoms with Crippen molar-refractivity contribution in [3.05, 3.63) is 12.7 Å². The van der Waals surface area contributed by atoms with Crippen molar-refractivity contribution in [3.8, 4) is 0 Å². The lowest BCUT2D eigenvalue weighted by Crippen LogP contribution is -2.53. The van der Waals surface area contributed by atoms with E-state index >= 15 is 0 Å². The second-order valence-electron chi connectivity index (χ2n) is 5.79. The van der Waals surface area contributed by atoms with Crippen LogP contribution in [0.4, 0.5) is 39.5 Å². The van der Waals surface area contributed by atoms with Gasteiger partial charge in [0, 0.05) is 0 Å². The molecule has 0 rings (SSSR count). The predicted molar refractivity (Wildman–Crippen MR) is 76.7 cm³/mol. The highest BCUT2D eigenvalue weighted by Gasteiger charge is 2.70. The number of unbranched alkanes of at least 4 members (excludes halogenated alkanes) is 4. The Hall–Kier alpha value is -1.01. The molecule has 1 atom stereocenters. The molecule has 0 radical (unpaired) electrons. The highest BCUT2D eigenvalue weighted by molar-refractivity contribution is 4.80. The third kappa shape index (κ3) is 9.15. The average molecular weight is 420 g/mol. The molecule has 0 fully saturated rings. The van der Waals surface area contributed by atoms with Gasteiger partial charge in [0.1, 0.15) is 6.61 Å². The largest absolute Gasteiger partial charge is 0.483 e. The van der Waals surface area contributed by atoms with Crippen LogP contribution in [-0.4, -0.2) is 48.7 Å². The summed E-state index contributed by atoms with van der Waals surface area (Å²) in [6, 6.07) is 0. The number of alkyl halides is 9. The smallest absolute Gasteiger partial charge is 0.391 e. The van der Waals surface area contributed by atoms with Crippen LogP contribution in [0.2, 0.25) is 0 Å². The van der Waals surface area contributed by atoms with E-state index in [0.29, 0.717) is 12.8 Å². The van der Waals surface area contributed by atoms with Crippen molar-refractivity contribution in [3.63, 3.8) is 0 Å².